The third-order valence-electron chi connectivity index (χ3n) is 7.48. The highest BCUT2D eigenvalue weighted by atomic mass is 16.5. The molecule has 1 aliphatic rings. The first-order chi connectivity index (χ1) is 20.1. The van der Waals surface area contributed by atoms with Crippen molar-refractivity contribution in [2.45, 2.75) is 44.9 Å². The maximum absolute atomic E-state index is 8.58. The van der Waals surface area contributed by atoms with Crippen LogP contribution in [0.5, 0.6) is 17.2 Å². The van der Waals surface area contributed by atoms with Crippen LogP contribution in [0, 0.1) is 0 Å². The standard InChI is InChI=1S/C32H39N3O3.CH3NO/c1-36-30-19-25(20-31(37-2)32(30)38-23-24-9-4-3-5-10-24)11-8-16-33-27-14-17-35(18-15-27)22-26-21-34-29-13-7-6-12-28(26)29;2-1-3/h3-7,9-10,12-13,19-21,27,33-34H,8,11,14-18,22-23H2,1-2H3;1H,(H2,2,3). The summed E-state index contributed by atoms with van der Waals surface area (Å²) in [4.78, 5) is 14.6. The molecule has 0 spiro atoms. The van der Waals surface area contributed by atoms with Crippen molar-refractivity contribution >= 4 is 17.3 Å². The number of aryl methyl sites for hydroxylation is 1. The molecule has 0 unspecified atom stereocenters. The van der Waals surface area contributed by atoms with Crippen molar-refractivity contribution in [1.82, 2.24) is 15.2 Å². The zero-order valence-corrected chi connectivity index (χ0v) is 24.1. The lowest BCUT2D eigenvalue weighted by Gasteiger charge is -2.32. The van der Waals surface area contributed by atoms with E-state index in [2.05, 4.69) is 63.5 Å². The van der Waals surface area contributed by atoms with Crippen LogP contribution in [0.2, 0.25) is 0 Å². The van der Waals surface area contributed by atoms with Gasteiger partial charge in [0, 0.05) is 29.7 Å². The average molecular weight is 559 g/mol. The van der Waals surface area contributed by atoms with E-state index in [-0.39, 0.29) is 6.41 Å². The maximum Gasteiger partial charge on any atom is 0.204 e. The molecular formula is C33H42N4O4. The third kappa shape index (κ3) is 8.49. The Morgan fingerprint density at radius 1 is 0.976 bits per heavy atom. The number of amides is 1. The van der Waals surface area contributed by atoms with Gasteiger partial charge in [0.1, 0.15) is 6.61 Å². The van der Waals surface area contributed by atoms with Gasteiger partial charge in [-0.25, -0.2) is 0 Å². The largest absolute Gasteiger partial charge is 0.493 e. The predicted octanol–water partition coefficient (Wildman–Crippen LogP) is 5.05. The summed E-state index contributed by atoms with van der Waals surface area (Å²) in [7, 11) is 3.36. The number of ether oxygens (including phenoxy) is 3. The van der Waals surface area contributed by atoms with Crippen LogP contribution in [-0.4, -0.2) is 56.2 Å². The molecule has 0 bridgehead atoms. The minimum Gasteiger partial charge on any atom is -0.493 e. The molecule has 218 valence electrons. The monoisotopic (exact) mass is 558 g/mol. The Labute approximate surface area is 242 Å². The molecule has 4 aromatic rings. The van der Waals surface area contributed by atoms with Crippen molar-refractivity contribution in [2.24, 2.45) is 5.73 Å². The number of primary amides is 1. The number of piperidine rings is 1. The molecule has 1 fully saturated rings. The number of aromatic amines is 1. The highest BCUT2D eigenvalue weighted by molar-refractivity contribution is 5.82. The second kappa shape index (κ2) is 15.7. The van der Waals surface area contributed by atoms with Gasteiger partial charge in [-0.05, 0) is 80.2 Å². The van der Waals surface area contributed by atoms with E-state index in [1.54, 1.807) is 14.2 Å². The van der Waals surface area contributed by atoms with Gasteiger partial charge in [-0.1, -0.05) is 48.5 Å². The first-order valence-corrected chi connectivity index (χ1v) is 14.2. The van der Waals surface area contributed by atoms with Gasteiger partial charge in [0.05, 0.1) is 14.2 Å². The Balaban J connectivity index is 0.00000124. The molecule has 5 rings (SSSR count). The fourth-order valence-electron chi connectivity index (χ4n) is 5.35. The number of para-hydroxylation sites is 1. The molecule has 1 saturated heterocycles. The van der Waals surface area contributed by atoms with Crippen LogP contribution < -0.4 is 25.3 Å². The maximum atomic E-state index is 8.58. The summed E-state index contributed by atoms with van der Waals surface area (Å²) in [6.07, 6.45) is 6.82. The number of methoxy groups -OCH3 is 2. The van der Waals surface area contributed by atoms with Gasteiger partial charge in [-0.2, -0.15) is 0 Å². The molecule has 1 aliphatic heterocycles. The molecule has 0 saturated carbocycles. The number of nitrogens with two attached hydrogens (primary N) is 1. The molecule has 4 N–H and O–H groups in total. The van der Waals surface area contributed by atoms with Crippen molar-refractivity contribution in [3.05, 3.63) is 89.6 Å². The van der Waals surface area contributed by atoms with E-state index in [0.29, 0.717) is 29.9 Å². The van der Waals surface area contributed by atoms with Crippen LogP contribution >= 0.6 is 0 Å². The Kier molecular flexibility index (Phi) is 11.5. The summed E-state index contributed by atoms with van der Waals surface area (Å²) >= 11 is 0. The number of nitrogens with one attached hydrogen (secondary N) is 2. The number of rotatable bonds is 12. The highest BCUT2D eigenvalue weighted by Gasteiger charge is 2.20. The van der Waals surface area contributed by atoms with Crippen LogP contribution in [0.3, 0.4) is 0 Å². The quantitative estimate of drug-likeness (QED) is 0.166. The lowest BCUT2D eigenvalue weighted by molar-refractivity contribution is -0.106. The van der Waals surface area contributed by atoms with E-state index in [1.807, 2.05) is 30.3 Å². The van der Waals surface area contributed by atoms with Gasteiger partial charge in [-0.15, -0.1) is 0 Å². The van der Waals surface area contributed by atoms with E-state index in [0.717, 1.165) is 44.6 Å². The number of carbonyl (C=O) groups excluding carboxylic acids is 1. The molecule has 8 heteroatoms. The molecule has 1 aromatic heterocycles. The first-order valence-electron chi connectivity index (χ1n) is 14.2. The van der Waals surface area contributed by atoms with Crippen LogP contribution in [0.1, 0.15) is 36.0 Å². The molecule has 1 amide bonds. The SMILES string of the molecule is COc1cc(CCCNC2CCN(Cc3c[nH]c4ccccc34)CC2)cc(OC)c1OCc1ccccc1.NC=O. The number of likely N-dealkylation sites (tertiary alicyclic amines) is 1. The van der Waals surface area contributed by atoms with Crippen LogP contribution in [0.15, 0.2) is 72.9 Å². The summed E-state index contributed by atoms with van der Waals surface area (Å²) in [5, 5.41) is 5.13. The van der Waals surface area contributed by atoms with E-state index >= 15 is 0 Å². The van der Waals surface area contributed by atoms with Crippen molar-refractivity contribution in [2.75, 3.05) is 33.9 Å². The molecule has 0 radical (unpaired) electrons. The minimum absolute atomic E-state index is 0.250. The number of fused-ring (bicyclic) bond motifs is 1. The van der Waals surface area contributed by atoms with E-state index < -0.39 is 0 Å². The van der Waals surface area contributed by atoms with Crippen LogP contribution in [0.4, 0.5) is 0 Å². The van der Waals surface area contributed by atoms with Gasteiger partial charge in [0.15, 0.2) is 11.5 Å². The van der Waals surface area contributed by atoms with Crippen molar-refractivity contribution in [3.63, 3.8) is 0 Å². The summed E-state index contributed by atoms with van der Waals surface area (Å²) in [6.45, 7) is 4.76. The molecule has 3 aromatic carbocycles. The normalized spacial score (nSPS) is 13.8. The number of nitrogens with zero attached hydrogens (tertiary/aromatic N) is 1. The molecule has 0 atom stereocenters. The molecule has 8 nitrogen and oxygen atoms in total. The summed E-state index contributed by atoms with van der Waals surface area (Å²) in [5.74, 6) is 2.08. The number of hydrogen-bond donors (Lipinski definition) is 3. The minimum atomic E-state index is 0.250. The number of H-pyrrole nitrogens is 1. The Morgan fingerprint density at radius 3 is 2.32 bits per heavy atom. The zero-order valence-electron chi connectivity index (χ0n) is 24.1. The predicted molar refractivity (Wildman–Crippen MR) is 163 cm³/mol. The first kappa shape index (κ1) is 30.0. The molecule has 0 aliphatic carbocycles. The zero-order chi connectivity index (χ0) is 28.9. The highest BCUT2D eigenvalue weighted by Crippen LogP contribution is 2.39. The Hall–Kier alpha value is -4.01. The van der Waals surface area contributed by atoms with Crippen molar-refractivity contribution < 1.29 is 19.0 Å². The summed E-state index contributed by atoms with van der Waals surface area (Å²) < 4.78 is 17.4. The van der Waals surface area contributed by atoms with Crippen LogP contribution in [-0.2, 0) is 24.4 Å². The Morgan fingerprint density at radius 2 is 1.63 bits per heavy atom. The number of benzene rings is 3. The molecule has 2 heterocycles. The fraction of sp³-hybridized carbons (Fsp3) is 0.364. The lowest BCUT2D eigenvalue weighted by Crippen LogP contribution is -2.42. The number of carbonyl (C=O) groups is 1. The van der Waals surface area contributed by atoms with Crippen molar-refractivity contribution in [1.29, 1.82) is 0 Å². The van der Waals surface area contributed by atoms with Crippen LogP contribution in [0.25, 0.3) is 10.9 Å². The topological polar surface area (TPSA) is 102 Å². The lowest BCUT2D eigenvalue weighted by atomic mass is 10.0. The second-order valence-electron chi connectivity index (χ2n) is 10.2. The Bertz CT molecular complexity index is 1320. The second-order valence-corrected chi connectivity index (χ2v) is 10.2. The number of aromatic nitrogens is 1. The van der Waals surface area contributed by atoms with Gasteiger partial charge in [-0.3, -0.25) is 9.69 Å². The molecular weight excluding hydrogens is 516 g/mol. The average Bonchev–Trinajstić information content (AvgIpc) is 3.42. The van der Waals surface area contributed by atoms with Crippen molar-refractivity contribution in [3.8, 4) is 17.2 Å². The third-order valence-corrected chi connectivity index (χ3v) is 7.48. The van der Waals surface area contributed by atoms with E-state index in [1.165, 1.54) is 34.9 Å². The van der Waals surface area contributed by atoms with E-state index in [4.69, 9.17) is 19.0 Å². The molecule has 41 heavy (non-hydrogen) atoms. The van der Waals surface area contributed by atoms with Gasteiger partial charge in [0.25, 0.3) is 0 Å². The van der Waals surface area contributed by atoms with Gasteiger partial charge in [0.2, 0.25) is 12.2 Å². The van der Waals surface area contributed by atoms with E-state index in [9.17, 15) is 0 Å². The fourth-order valence-corrected chi connectivity index (χ4v) is 5.35. The smallest absolute Gasteiger partial charge is 0.204 e. The van der Waals surface area contributed by atoms with Gasteiger partial charge >= 0.3 is 0 Å². The summed E-state index contributed by atoms with van der Waals surface area (Å²) in [5.41, 5.74) is 9.09. The number of hydrogen-bond acceptors (Lipinski definition) is 6. The van der Waals surface area contributed by atoms with Gasteiger partial charge < -0.3 is 30.2 Å². The summed E-state index contributed by atoms with van der Waals surface area (Å²) in [6, 6.07) is 23.4.